The van der Waals surface area contributed by atoms with Crippen molar-refractivity contribution in [3.8, 4) is 0 Å². The molecule has 2 aliphatic carbocycles. The number of carbonyl (C=O) groups is 1. The number of primary amides is 1. The van der Waals surface area contributed by atoms with E-state index in [0.29, 0.717) is 61.3 Å². The van der Waals surface area contributed by atoms with Gasteiger partial charge >= 0.3 is 0 Å². The second-order valence-electron chi connectivity index (χ2n) is 10.0. The van der Waals surface area contributed by atoms with E-state index in [9.17, 15) is 23.1 Å². The Kier molecular flexibility index (Phi) is 7.18. The van der Waals surface area contributed by atoms with E-state index in [-0.39, 0.29) is 36.0 Å². The molecule has 0 aliphatic heterocycles. The predicted octanol–water partition coefficient (Wildman–Crippen LogP) is 4.31. The van der Waals surface area contributed by atoms with Gasteiger partial charge in [-0.2, -0.15) is 4.98 Å². The summed E-state index contributed by atoms with van der Waals surface area (Å²) in [5.41, 5.74) is 5.84. The highest BCUT2D eigenvalue weighted by Gasteiger charge is 2.30. The Morgan fingerprint density at radius 2 is 1.73 bits per heavy atom. The summed E-state index contributed by atoms with van der Waals surface area (Å²) in [7, 11) is 0. The number of hydrogen-bond donors (Lipinski definition) is 4. The van der Waals surface area contributed by atoms with Gasteiger partial charge in [-0.3, -0.25) is 9.36 Å². The molecule has 0 spiro atoms. The fourth-order valence-electron chi connectivity index (χ4n) is 5.43. The summed E-state index contributed by atoms with van der Waals surface area (Å²) < 4.78 is 44.2. The molecule has 5 rings (SSSR count). The maximum Gasteiger partial charge on any atom is 0.224 e. The molecule has 0 bridgehead atoms. The maximum absolute atomic E-state index is 14.5. The lowest BCUT2D eigenvalue weighted by Gasteiger charge is -2.29. The van der Waals surface area contributed by atoms with Crippen LogP contribution in [-0.2, 0) is 4.79 Å². The third-order valence-corrected chi connectivity index (χ3v) is 7.37. The zero-order valence-electron chi connectivity index (χ0n) is 20.3. The van der Waals surface area contributed by atoms with Gasteiger partial charge < -0.3 is 21.5 Å². The largest absolute Gasteiger partial charge is 0.393 e. The lowest BCUT2D eigenvalue weighted by molar-refractivity contribution is -0.122. The van der Waals surface area contributed by atoms with E-state index < -0.39 is 23.1 Å². The van der Waals surface area contributed by atoms with Crippen LogP contribution < -0.4 is 16.4 Å². The molecule has 5 N–H and O–H groups in total. The number of hydrogen-bond acceptors (Lipinski definition) is 7. The van der Waals surface area contributed by atoms with Crippen LogP contribution in [0.4, 0.5) is 30.8 Å². The number of nitrogens with one attached hydrogen (secondary N) is 2. The molecule has 12 heteroatoms. The lowest BCUT2D eigenvalue weighted by Crippen LogP contribution is -2.29. The molecule has 37 heavy (non-hydrogen) atoms. The lowest BCUT2D eigenvalue weighted by atomic mass is 9.85. The SMILES string of the molecule is NC(=O)C1CCC(n2c(Nc3c(F)cc(F)cc3F)nc3cnc(N[C@@H]4CCCC[C@H](O)C4)nc32)CC1. The minimum absolute atomic E-state index is 0.0114. The number of imidazole rings is 1. The molecule has 2 aromatic heterocycles. The summed E-state index contributed by atoms with van der Waals surface area (Å²) in [5, 5.41) is 16.2. The molecule has 198 valence electrons. The predicted molar refractivity (Wildman–Crippen MR) is 132 cm³/mol. The number of nitrogens with zero attached hydrogens (tertiary/aromatic N) is 4. The van der Waals surface area contributed by atoms with Gasteiger partial charge in [0.05, 0.1) is 12.3 Å². The molecule has 3 aromatic rings. The summed E-state index contributed by atoms with van der Waals surface area (Å²) in [6, 6.07) is 1.04. The molecule has 2 aliphatic rings. The van der Waals surface area contributed by atoms with E-state index >= 15 is 0 Å². The van der Waals surface area contributed by atoms with Crippen LogP contribution in [0.25, 0.3) is 11.2 Å². The van der Waals surface area contributed by atoms with Crippen LogP contribution in [0.15, 0.2) is 18.3 Å². The molecule has 0 saturated heterocycles. The molecule has 1 aromatic carbocycles. The van der Waals surface area contributed by atoms with Crippen molar-refractivity contribution in [3.05, 3.63) is 35.8 Å². The molecule has 9 nitrogen and oxygen atoms in total. The molecule has 0 radical (unpaired) electrons. The molecule has 2 atom stereocenters. The zero-order valence-corrected chi connectivity index (χ0v) is 20.3. The number of halogens is 3. The van der Waals surface area contributed by atoms with Crippen LogP contribution in [0.3, 0.4) is 0 Å². The van der Waals surface area contributed by atoms with Crippen molar-refractivity contribution in [2.45, 2.75) is 76.0 Å². The first kappa shape index (κ1) is 25.2. The smallest absolute Gasteiger partial charge is 0.224 e. The molecular weight excluding hydrogens is 487 g/mol. The van der Waals surface area contributed by atoms with Gasteiger partial charge in [-0.25, -0.2) is 23.1 Å². The number of carbonyl (C=O) groups excluding carboxylic acids is 1. The maximum atomic E-state index is 14.5. The first-order valence-corrected chi connectivity index (χ1v) is 12.7. The molecule has 0 unspecified atom stereocenters. The van der Waals surface area contributed by atoms with Crippen LogP contribution in [0, 0.1) is 23.4 Å². The second kappa shape index (κ2) is 10.5. The van der Waals surface area contributed by atoms with E-state index in [1.54, 1.807) is 4.57 Å². The van der Waals surface area contributed by atoms with Gasteiger partial charge in [-0.05, 0) is 44.9 Å². The van der Waals surface area contributed by atoms with Crippen molar-refractivity contribution in [2.75, 3.05) is 10.6 Å². The second-order valence-corrected chi connectivity index (χ2v) is 10.0. The number of aliphatic hydroxyl groups excluding tert-OH is 1. The van der Waals surface area contributed by atoms with Gasteiger partial charge in [0.1, 0.15) is 17.0 Å². The highest BCUT2D eigenvalue weighted by molar-refractivity contribution is 5.78. The fraction of sp³-hybridized carbons (Fsp3) is 0.520. The van der Waals surface area contributed by atoms with Gasteiger partial charge in [0, 0.05) is 30.1 Å². The Labute approximate surface area is 211 Å². The Morgan fingerprint density at radius 3 is 2.43 bits per heavy atom. The van der Waals surface area contributed by atoms with E-state index in [1.807, 2.05) is 0 Å². The van der Waals surface area contributed by atoms with Crippen LogP contribution in [-0.4, -0.2) is 42.7 Å². The van der Waals surface area contributed by atoms with Crippen LogP contribution in [0.2, 0.25) is 0 Å². The van der Waals surface area contributed by atoms with Gasteiger partial charge in [0.2, 0.25) is 17.8 Å². The highest BCUT2D eigenvalue weighted by atomic mass is 19.1. The van der Waals surface area contributed by atoms with Crippen molar-refractivity contribution >= 4 is 34.7 Å². The van der Waals surface area contributed by atoms with E-state index in [4.69, 9.17) is 10.7 Å². The number of aromatic nitrogens is 4. The number of amides is 1. The first-order valence-electron chi connectivity index (χ1n) is 12.7. The van der Waals surface area contributed by atoms with Gasteiger partial charge in [0.25, 0.3) is 0 Å². The number of rotatable bonds is 6. The fourth-order valence-corrected chi connectivity index (χ4v) is 5.43. The van der Waals surface area contributed by atoms with Crippen molar-refractivity contribution in [2.24, 2.45) is 11.7 Å². The molecule has 2 saturated carbocycles. The number of aliphatic hydroxyl groups is 1. The molecule has 1 amide bonds. The summed E-state index contributed by atoms with van der Waals surface area (Å²) in [6.07, 6.45) is 7.64. The monoisotopic (exact) mass is 517 g/mol. The van der Waals surface area contributed by atoms with Crippen LogP contribution in [0.5, 0.6) is 0 Å². The van der Waals surface area contributed by atoms with E-state index in [0.717, 1.165) is 25.7 Å². The van der Waals surface area contributed by atoms with Crippen molar-refractivity contribution in [1.82, 2.24) is 19.5 Å². The van der Waals surface area contributed by atoms with Gasteiger partial charge in [-0.1, -0.05) is 12.8 Å². The van der Waals surface area contributed by atoms with Crippen LogP contribution >= 0.6 is 0 Å². The quantitative estimate of drug-likeness (QED) is 0.359. The average molecular weight is 518 g/mol. The normalized spacial score (nSPS) is 24.5. The third kappa shape index (κ3) is 5.48. The van der Waals surface area contributed by atoms with E-state index in [1.165, 1.54) is 6.20 Å². The Bertz CT molecular complexity index is 1270. The highest BCUT2D eigenvalue weighted by Crippen LogP contribution is 2.37. The number of anilines is 3. The van der Waals surface area contributed by atoms with Gasteiger partial charge in [0.15, 0.2) is 17.3 Å². The number of benzene rings is 1. The number of nitrogens with two attached hydrogens (primary N) is 1. The van der Waals surface area contributed by atoms with E-state index in [2.05, 4.69) is 20.6 Å². The van der Waals surface area contributed by atoms with Gasteiger partial charge in [-0.15, -0.1) is 0 Å². The third-order valence-electron chi connectivity index (χ3n) is 7.37. The zero-order chi connectivity index (χ0) is 26.1. The number of fused-ring (bicyclic) bond motifs is 1. The molecule has 2 fully saturated rings. The minimum Gasteiger partial charge on any atom is -0.393 e. The van der Waals surface area contributed by atoms with Crippen molar-refractivity contribution in [1.29, 1.82) is 0 Å². The standard InChI is InChI=1S/C25H30F3N7O2/c26-14-9-18(27)21(19(28)10-14)33-25-32-20-12-30-24(31-15-3-1-2-4-17(36)11-15)34-23(20)35(25)16-7-5-13(6-8-16)22(29)37/h9-10,12-13,15-17,36H,1-8,11H2,(H2,29,37)(H,32,33)(H,30,31,34)/t13?,15-,16?,17+/m1/s1. The topological polar surface area (TPSA) is 131 Å². The Balaban J connectivity index is 1.51. The van der Waals surface area contributed by atoms with Crippen molar-refractivity contribution < 1.29 is 23.1 Å². The summed E-state index contributed by atoms with van der Waals surface area (Å²) >= 11 is 0. The minimum atomic E-state index is -1.09. The Morgan fingerprint density at radius 1 is 1.03 bits per heavy atom. The molecular formula is C25H30F3N7O2. The Hall–Kier alpha value is -3.41. The summed E-state index contributed by atoms with van der Waals surface area (Å²) in [6.45, 7) is 0. The molecule has 2 heterocycles. The first-order chi connectivity index (χ1) is 17.8. The van der Waals surface area contributed by atoms with Crippen LogP contribution in [0.1, 0.15) is 63.8 Å². The average Bonchev–Trinajstić information content (AvgIpc) is 3.07. The van der Waals surface area contributed by atoms with Crippen molar-refractivity contribution in [3.63, 3.8) is 0 Å². The summed E-state index contributed by atoms with van der Waals surface area (Å²) in [5.74, 6) is -3.28. The summed E-state index contributed by atoms with van der Waals surface area (Å²) in [4.78, 5) is 25.3.